The van der Waals surface area contributed by atoms with Gasteiger partial charge in [-0.15, -0.1) is 0 Å². The summed E-state index contributed by atoms with van der Waals surface area (Å²) in [5, 5.41) is 0. The Morgan fingerprint density at radius 3 is 2.26 bits per heavy atom. The summed E-state index contributed by atoms with van der Waals surface area (Å²) in [6, 6.07) is 0. The van der Waals surface area contributed by atoms with Crippen LogP contribution in [0.25, 0.3) is 0 Å². The minimum absolute atomic E-state index is 0. The van der Waals surface area contributed by atoms with Crippen molar-refractivity contribution in [3.8, 4) is 0 Å². The second-order valence-electron chi connectivity index (χ2n) is 4.40. The fourth-order valence-corrected chi connectivity index (χ4v) is 3.06. The zero-order valence-electron chi connectivity index (χ0n) is 11.0. The monoisotopic (exact) mass is 485 g/mol. The average molecular weight is 485 g/mol. The van der Waals surface area contributed by atoms with E-state index in [1.165, 1.54) is 7.11 Å². The van der Waals surface area contributed by atoms with Gasteiger partial charge in [0.25, 0.3) is 0 Å². The molecule has 0 aromatic rings. The van der Waals surface area contributed by atoms with Gasteiger partial charge in [0.05, 0.1) is 12.7 Å². The maximum absolute atomic E-state index is 11.3. The average Bonchev–Trinajstić information content (AvgIpc) is 2.54. The van der Waals surface area contributed by atoms with Gasteiger partial charge in [0, 0.05) is 41.5 Å². The van der Waals surface area contributed by atoms with Crippen LogP contribution < -0.4 is 0 Å². The number of ether oxygens (including phenoxy) is 1. The molecule has 0 amide bonds. The number of methoxy groups -OCH3 is 1. The first kappa shape index (κ1) is 19.9. The van der Waals surface area contributed by atoms with E-state index in [-0.39, 0.29) is 33.6 Å². The van der Waals surface area contributed by atoms with Gasteiger partial charge in [0.1, 0.15) is 0 Å². The number of hydrogen-bond acceptors (Lipinski definition) is 5. The van der Waals surface area contributed by atoms with Crippen molar-refractivity contribution < 1.29 is 53.8 Å². The van der Waals surface area contributed by atoms with Gasteiger partial charge in [0.2, 0.25) is 0 Å². The summed E-state index contributed by atoms with van der Waals surface area (Å²) in [6.07, 6.45) is 1.26. The van der Waals surface area contributed by atoms with Gasteiger partial charge in [0.15, 0.2) is 0 Å². The van der Waals surface area contributed by atoms with E-state index in [2.05, 4.69) is 0 Å². The SMILES string of the molecule is CO[C@@H]1[CH-]C[C@H](COP(C)(=O)O)C1OP(C)(=O)O.[W]. The van der Waals surface area contributed by atoms with Crippen molar-refractivity contribution in [2.75, 3.05) is 27.0 Å². The maximum atomic E-state index is 11.3. The standard InChI is InChI=1S/C9H19O7P2.W/c1-14-8-5-4-7(6-15-17(2,10)11)9(8)16-18(3,12)13;/h5,7-9H,4,6H2,1-3H3,(H,10,11)(H,12,13);/q-1;/t7-,8-,9?;/m1./s1. The molecule has 0 spiro atoms. The molecule has 114 valence electrons. The van der Waals surface area contributed by atoms with Crippen LogP contribution in [-0.4, -0.2) is 49.0 Å². The Morgan fingerprint density at radius 2 is 1.84 bits per heavy atom. The van der Waals surface area contributed by atoms with Crippen LogP contribution in [0.2, 0.25) is 0 Å². The van der Waals surface area contributed by atoms with Gasteiger partial charge in [-0.25, -0.2) is 0 Å². The minimum atomic E-state index is -3.65. The largest absolute Gasteiger partial charge is 0.411 e. The molecule has 1 saturated carbocycles. The quantitative estimate of drug-likeness (QED) is 0.432. The molecular formula is C9H19O7P2W-. The molecule has 0 saturated heterocycles. The third-order valence-electron chi connectivity index (χ3n) is 2.58. The summed E-state index contributed by atoms with van der Waals surface area (Å²) in [6.45, 7) is 2.16. The van der Waals surface area contributed by atoms with Crippen molar-refractivity contribution in [3.05, 3.63) is 6.42 Å². The van der Waals surface area contributed by atoms with Crippen molar-refractivity contribution in [2.45, 2.75) is 18.6 Å². The Balaban J connectivity index is 0.00000324. The summed E-state index contributed by atoms with van der Waals surface area (Å²) in [5.74, 6) is -0.282. The van der Waals surface area contributed by atoms with Gasteiger partial charge in [-0.3, -0.25) is 15.6 Å². The summed E-state index contributed by atoms with van der Waals surface area (Å²) in [5.41, 5.74) is 0. The topological polar surface area (TPSA) is 102 Å². The Kier molecular flexibility index (Phi) is 8.20. The zero-order chi connectivity index (χ0) is 14.0. The molecule has 0 radical (unpaired) electrons. The molecule has 5 atom stereocenters. The van der Waals surface area contributed by atoms with E-state index in [0.29, 0.717) is 6.42 Å². The molecule has 0 bridgehead atoms. The van der Waals surface area contributed by atoms with E-state index >= 15 is 0 Å². The third-order valence-corrected chi connectivity index (χ3v) is 3.84. The van der Waals surface area contributed by atoms with Crippen molar-refractivity contribution in [2.24, 2.45) is 5.92 Å². The van der Waals surface area contributed by atoms with Crippen LogP contribution in [0.3, 0.4) is 0 Å². The van der Waals surface area contributed by atoms with Crippen molar-refractivity contribution in [1.29, 1.82) is 0 Å². The first-order valence-electron chi connectivity index (χ1n) is 5.42. The molecule has 10 heteroatoms. The molecule has 0 aromatic heterocycles. The summed E-state index contributed by atoms with van der Waals surface area (Å²) >= 11 is 0. The van der Waals surface area contributed by atoms with Crippen LogP contribution in [0.1, 0.15) is 6.42 Å². The second-order valence-corrected chi connectivity index (χ2v) is 8.08. The van der Waals surface area contributed by atoms with E-state index in [4.69, 9.17) is 18.7 Å². The Labute approximate surface area is 127 Å². The molecule has 1 aliphatic rings. The minimum Gasteiger partial charge on any atom is -0.411 e. The van der Waals surface area contributed by atoms with Crippen LogP contribution in [0.4, 0.5) is 0 Å². The van der Waals surface area contributed by atoms with Crippen LogP contribution >= 0.6 is 15.2 Å². The molecule has 19 heavy (non-hydrogen) atoms. The molecule has 0 heterocycles. The first-order chi connectivity index (χ1) is 8.12. The Morgan fingerprint density at radius 1 is 1.26 bits per heavy atom. The van der Waals surface area contributed by atoms with E-state index in [0.717, 1.165) is 13.3 Å². The van der Waals surface area contributed by atoms with Crippen LogP contribution in [0.15, 0.2) is 0 Å². The summed E-state index contributed by atoms with van der Waals surface area (Å²) in [4.78, 5) is 18.3. The van der Waals surface area contributed by atoms with Crippen molar-refractivity contribution in [3.63, 3.8) is 0 Å². The predicted molar refractivity (Wildman–Crippen MR) is 65.5 cm³/mol. The second kappa shape index (κ2) is 7.81. The van der Waals surface area contributed by atoms with E-state index in [1.54, 1.807) is 6.42 Å². The summed E-state index contributed by atoms with van der Waals surface area (Å²) in [7, 11) is -5.75. The molecule has 1 rings (SSSR count). The smallest absolute Gasteiger partial charge is 0.325 e. The predicted octanol–water partition coefficient (Wildman–Crippen LogP) is 1.26. The van der Waals surface area contributed by atoms with E-state index < -0.39 is 27.4 Å². The fourth-order valence-electron chi connectivity index (χ4n) is 1.84. The Bertz CT molecular complexity index is 366. The molecule has 0 aromatic carbocycles. The normalized spacial score (nSPS) is 33.2. The summed E-state index contributed by atoms with van der Waals surface area (Å²) < 4.78 is 37.4. The van der Waals surface area contributed by atoms with E-state index in [9.17, 15) is 14.0 Å². The van der Waals surface area contributed by atoms with Crippen molar-refractivity contribution in [1.82, 2.24) is 0 Å². The molecule has 1 aliphatic carbocycles. The van der Waals surface area contributed by atoms with Crippen LogP contribution in [-0.2, 0) is 44.0 Å². The fraction of sp³-hybridized carbons (Fsp3) is 0.889. The third kappa shape index (κ3) is 7.49. The van der Waals surface area contributed by atoms with Gasteiger partial charge in [-0.1, -0.05) is 0 Å². The Hall–Kier alpha value is 0.948. The van der Waals surface area contributed by atoms with Gasteiger partial charge < -0.3 is 23.6 Å². The van der Waals surface area contributed by atoms with Gasteiger partial charge in [-0.2, -0.15) is 6.42 Å². The number of rotatable bonds is 6. The molecule has 0 aliphatic heterocycles. The molecule has 2 N–H and O–H groups in total. The molecule has 3 unspecified atom stereocenters. The van der Waals surface area contributed by atoms with Crippen LogP contribution in [0.5, 0.6) is 0 Å². The molecular weight excluding hydrogens is 466 g/mol. The maximum Gasteiger partial charge on any atom is 0.325 e. The first-order valence-corrected chi connectivity index (χ1v) is 9.47. The molecule has 1 fully saturated rings. The zero-order valence-corrected chi connectivity index (χ0v) is 15.7. The molecule has 7 nitrogen and oxygen atoms in total. The van der Waals surface area contributed by atoms with Crippen LogP contribution in [0, 0.1) is 12.3 Å². The van der Waals surface area contributed by atoms with Gasteiger partial charge in [-0.05, 0) is 12.0 Å². The van der Waals surface area contributed by atoms with Crippen molar-refractivity contribution >= 4 is 15.2 Å². The number of hydrogen-bond donors (Lipinski definition) is 2. The van der Waals surface area contributed by atoms with Gasteiger partial charge >= 0.3 is 15.2 Å². The van der Waals surface area contributed by atoms with E-state index in [1.807, 2.05) is 0 Å².